The molecule has 0 bridgehead atoms. The summed E-state index contributed by atoms with van der Waals surface area (Å²) in [4.78, 5) is 25.1. The van der Waals surface area contributed by atoms with Gasteiger partial charge < -0.3 is 45.1 Å². The Morgan fingerprint density at radius 2 is 0.887 bits per heavy atom. The number of allylic oxidation sites excluding steroid dienone is 1. The molecule has 0 aromatic heterocycles. The number of aliphatic hydroxyl groups is 5. The Morgan fingerprint density at radius 3 is 1.31 bits per heavy atom. The molecule has 0 radical (unpaired) electrons. The van der Waals surface area contributed by atoms with Crippen LogP contribution in [0.1, 0.15) is 296 Å². The van der Waals surface area contributed by atoms with Crippen molar-refractivity contribution in [3.63, 3.8) is 0 Å². The number of unbranched alkanes of at least 4 members (excludes halogenated alkanes) is 39. The van der Waals surface area contributed by atoms with Gasteiger partial charge in [0.25, 0.3) is 0 Å². The number of carbonyl (C=O) groups is 2. The van der Waals surface area contributed by atoms with Crippen molar-refractivity contribution in [1.29, 1.82) is 0 Å². The lowest BCUT2D eigenvalue weighted by Gasteiger charge is -2.40. The lowest BCUT2D eigenvalue weighted by atomic mass is 9.99. The van der Waals surface area contributed by atoms with E-state index in [-0.39, 0.29) is 18.5 Å². The van der Waals surface area contributed by atoms with Gasteiger partial charge in [-0.05, 0) is 32.1 Å². The summed E-state index contributed by atoms with van der Waals surface area (Å²) in [5.41, 5.74) is 0. The Morgan fingerprint density at radius 1 is 0.507 bits per heavy atom. The van der Waals surface area contributed by atoms with E-state index < -0.39 is 49.5 Å². The maximum atomic E-state index is 13.0. The number of hydrogen-bond donors (Lipinski definition) is 6. The van der Waals surface area contributed by atoms with Crippen LogP contribution in [0.25, 0.3) is 0 Å². The van der Waals surface area contributed by atoms with E-state index in [4.69, 9.17) is 14.2 Å². The van der Waals surface area contributed by atoms with Gasteiger partial charge in [-0.15, -0.1) is 0 Å². The van der Waals surface area contributed by atoms with Crippen molar-refractivity contribution in [3.8, 4) is 0 Å². The quantitative estimate of drug-likeness (QED) is 0.0195. The second kappa shape index (κ2) is 50.6. The third-order valence-electron chi connectivity index (χ3n) is 14.7. The zero-order valence-corrected chi connectivity index (χ0v) is 46.2. The van der Waals surface area contributed by atoms with Crippen molar-refractivity contribution in [2.24, 2.45) is 0 Å². The van der Waals surface area contributed by atoms with E-state index in [1.165, 1.54) is 199 Å². The highest BCUT2D eigenvalue weighted by atomic mass is 16.7. The van der Waals surface area contributed by atoms with Gasteiger partial charge in [-0.3, -0.25) is 9.59 Å². The molecule has 11 nitrogen and oxygen atoms in total. The number of esters is 1. The molecular weight excluding hydrogens is 895 g/mol. The summed E-state index contributed by atoms with van der Waals surface area (Å²) in [5, 5.41) is 54.2. The molecule has 11 heteroatoms. The fourth-order valence-electron chi connectivity index (χ4n) is 9.79. The van der Waals surface area contributed by atoms with Crippen molar-refractivity contribution in [3.05, 3.63) is 12.2 Å². The summed E-state index contributed by atoms with van der Waals surface area (Å²) < 4.78 is 16.7. The van der Waals surface area contributed by atoms with E-state index in [0.29, 0.717) is 19.4 Å². The highest BCUT2D eigenvalue weighted by molar-refractivity contribution is 5.76. The smallest absolute Gasteiger partial charge is 0.305 e. The van der Waals surface area contributed by atoms with Crippen LogP contribution in [0.15, 0.2) is 12.2 Å². The van der Waals surface area contributed by atoms with Crippen LogP contribution in [0.4, 0.5) is 0 Å². The fraction of sp³-hybridized carbons (Fsp3) is 0.933. The Bertz CT molecular complexity index is 1190. The van der Waals surface area contributed by atoms with E-state index in [1.807, 2.05) is 6.08 Å². The molecule has 0 saturated carbocycles. The highest BCUT2D eigenvalue weighted by Crippen LogP contribution is 2.23. The molecule has 71 heavy (non-hydrogen) atoms. The standard InChI is InChI=1S/C60H115NO10/c1-3-5-7-9-11-13-14-15-16-17-18-19-22-25-28-32-36-40-44-48-56(65)69-49-45-41-37-33-29-26-23-20-21-24-27-31-35-39-43-47-55(64)61-52(53(63)46-42-38-34-30-12-10-8-6-4-2)51-70-60-59(68)58(67)57(66)54(50-62)71-60/h42,46,52-54,57-60,62-63,66-68H,3-41,43-45,47-51H2,1-2H3,(H,61,64)/b46-42+. The van der Waals surface area contributed by atoms with Crippen molar-refractivity contribution in [1.82, 2.24) is 5.32 Å². The molecule has 1 rings (SSSR count). The van der Waals surface area contributed by atoms with E-state index in [0.717, 1.165) is 70.6 Å². The number of carbonyl (C=O) groups excluding carboxylic acids is 2. The van der Waals surface area contributed by atoms with Crippen LogP contribution >= 0.6 is 0 Å². The Labute approximate surface area is 436 Å². The maximum absolute atomic E-state index is 13.0. The minimum absolute atomic E-state index is 0.0135. The fourth-order valence-corrected chi connectivity index (χ4v) is 9.79. The van der Waals surface area contributed by atoms with Crippen molar-refractivity contribution in [2.45, 2.75) is 339 Å². The van der Waals surface area contributed by atoms with Gasteiger partial charge in [0.15, 0.2) is 6.29 Å². The van der Waals surface area contributed by atoms with E-state index in [2.05, 4.69) is 19.2 Å². The second-order valence-electron chi connectivity index (χ2n) is 21.4. The molecular formula is C60H115NO10. The number of nitrogens with one attached hydrogen (secondary N) is 1. The minimum Gasteiger partial charge on any atom is -0.466 e. The molecule has 0 spiro atoms. The van der Waals surface area contributed by atoms with Crippen LogP contribution in [0.2, 0.25) is 0 Å². The SMILES string of the molecule is CCCCCCCCC/C=C/C(O)C(COC1OC(CO)C(O)C(O)C1O)NC(=O)CCCCCCCCCCCCCCCCCOC(=O)CCCCCCCCCCCCCCCCCCCCC. The molecule has 1 amide bonds. The summed E-state index contributed by atoms with van der Waals surface area (Å²) in [5.74, 6) is -0.204. The second-order valence-corrected chi connectivity index (χ2v) is 21.4. The van der Waals surface area contributed by atoms with Crippen molar-refractivity contribution >= 4 is 11.9 Å². The predicted molar refractivity (Wildman–Crippen MR) is 292 cm³/mol. The highest BCUT2D eigenvalue weighted by Gasteiger charge is 2.44. The molecule has 0 aromatic rings. The zero-order valence-electron chi connectivity index (χ0n) is 46.2. The number of aliphatic hydroxyl groups excluding tert-OH is 5. The molecule has 1 aliphatic rings. The molecule has 420 valence electrons. The summed E-state index contributed by atoms with van der Waals surface area (Å²) in [6.07, 6.45) is 48.9. The minimum atomic E-state index is -1.57. The first kappa shape index (κ1) is 67.4. The normalized spacial score (nSPS) is 19.1. The third-order valence-corrected chi connectivity index (χ3v) is 14.7. The number of rotatable bonds is 53. The summed E-state index contributed by atoms with van der Waals surface area (Å²) >= 11 is 0. The van der Waals surface area contributed by atoms with Gasteiger partial charge >= 0.3 is 5.97 Å². The largest absolute Gasteiger partial charge is 0.466 e. The number of hydrogen-bond acceptors (Lipinski definition) is 10. The molecule has 7 unspecified atom stereocenters. The van der Waals surface area contributed by atoms with Gasteiger partial charge in [0, 0.05) is 12.8 Å². The molecule has 1 saturated heterocycles. The first-order valence-electron chi connectivity index (χ1n) is 30.5. The zero-order chi connectivity index (χ0) is 51.7. The average molecular weight is 1010 g/mol. The molecule has 0 aliphatic carbocycles. The van der Waals surface area contributed by atoms with Crippen molar-refractivity contribution in [2.75, 3.05) is 19.8 Å². The van der Waals surface area contributed by atoms with Gasteiger partial charge in [0.1, 0.15) is 24.4 Å². The van der Waals surface area contributed by atoms with Crippen LogP contribution in [0.3, 0.4) is 0 Å². The third kappa shape index (κ3) is 40.4. The topological polar surface area (TPSA) is 175 Å². The molecule has 1 aliphatic heterocycles. The molecule has 6 N–H and O–H groups in total. The van der Waals surface area contributed by atoms with Crippen LogP contribution in [-0.2, 0) is 23.8 Å². The van der Waals surface area contributed by atoms with Gasteiger partial charge in [-0.1, -0.05) is 264 Å². The average Bonchev–Trinajstić information content (AvgIpc) is 3.37. The Kier molecular flexibility index (Phi) is 48.0. The van der Waals surface area contributed by atoms with E-state index in [1.54, 1.807) is 6.08 Å². The number of ether oxygens (including phenoxy) is 3. The van der Waals surface area contributed by atoms with Gasteiger partial charge in [-0.2, -0.15) is 0 Å². The van der Waals surface area contributed by atoms with Crippen LogP contribution in [0, 0.1) is 0 Å². The van der Waals surface area contributed by atoms with Gasteiger partial charge in [0.05, 0.1) is 32.0 Å². The molecule has 0 aromatic carbocycles. The molecule has 7 atom stereocenters. The lowest BCUT2D eigenvalue weighted by molar-refractivity contribution is -0.302. The van der Waals surface area contributed by atoms with E-state index >= 15 is 0 Å². The molecule has 1 heterocycles. The predicted octanol–water partition coefficient (Wildman–Crippen LogP) is 14.0. The first-order chi connectivity index (χ1) is 34.7. The monoisotopic (exact) mass is 1010 g/mol. The van der Waals surface area contributed by atoms with Crippen LogP contribution in [0.5, 0.6) is 0 Å². The van der Waals surface area contributed by atoms with Crippen molar-refractivity contribution < 1.29 is 49.3 Å². The summed E-state index contributed by atoms with van der Waals surface area (Å²) in [7, 11) is 0. The van der Waals surface area contributed by atoms with Crippen LogP contribution < -0.4 is 5.32 Å². The maximum Gasteiger partial charge on any atom is 0.305 e. The Balaban J connectivity index is 2.00. The number of amides is 1. The van der Waals surface area contributed by atoms with Gasteiger partial charge in [-0.25, -0.2) is 0 Å². The first-order valence-corrected chi connectivity index (χ1v) is 30.5. The van der Waals surface area contributed by atoms with Crippen LogP contribution in [-0.4, -0.2) is 100 Å². The summed E-state index contributed by atoms with van der Waals surface area (Å²) in [6.45, 7) is 4.31. The summed E-state index contributed by atoms with van der Waals surface area (Å²) in [6, 6.07) is -0.814. The Hall–Kier alpha value is -1.60. The molecule has 1 fully saturated rings. The van der Waals surface area contributed by atoms with E-state index in [9.17, 15) is 35.1 Å². The van der Waals surface area contributed by atoms with Gasteiger partial charge in [0.2, 0.25) is 5.91 Å². The lowest BCUT2D eigenvalue weighted by Crippen LogP contribution is -2.60.